The number of benzene rings is 1. The van der Waals surface area contributed by atoms with Crippen molar-refractivity contribution >= 4 is 0 Å². The van der Waals surface area contributed by atoms with Crippen LogP contribution in [-0.2, 0) is 0 Å². The van der Waals surface area contributed by atoms with Gasteiger partial charge in [-0.2, -0.15) is 0 Å². The summed E-state index contributed by atoms with van der Waals surface area (Å²) in [6, 6.07) is 11.0. The van der Waals surface area contributed by atoms with Gasteiger partial charge in [0.25, 0.3) is 0 Å². The van der Waals surface area contributed by atoms with Crippen LogP contribution < -0.4 is 10.6 Å². The van der Waals surface area contributed by atoms with Gasteiger partial charge in [0.05, 0.1) is 0 Å². The highest BCUT2D eigenvalue weighted by atomic mass is 15.1. The average molecular weight is 248 g/mol. The van der Waals surface area contributed by atoms with Crippen LogP contribution in [0.4, 0.5) is 0 Å². The summed E-state index contributed by atoms with van der Waals surface area (Å²) >= 11 is 0. The van der Waals surface area contributed by atoms with Gasteiger partial charge in [-0.05, 0) is 47.1 Å². The van der Waals surface area contributed by atoms with Crippen LogP contribution >= 0.6 is 0 Å². The van der Waals surface area contributed by atoms with Gasteiger partial charge in [-0.25, -0.2) is 0 Å². The molecule has 0 heterocycles. The van der Waals surface area contributed by atoms with E-state index in [2.05, 4.69) is 82.5 Å². The van der Waals surface area contributed by atoms with Crippen LogP contribution in [0.1, 0.15) is 53.1 Å². The fourth-order valence-corrected chi connectivity index (χ4v) is 1.87. The molecule has 2 nitrogen and oxygen atoms in total. The van der Waals surface area contributed by atoms with Crippen molar-refractivity contribution in [3.63, 3.8) is 0 Å². The average Bonchev–Trinajstić information content (AvgIpc) is 2.23. The molecular weight excluding hydrogens is 220 g/mol. The van der Waals surface area contributed by atoms with Gasteiger partial charge < -0.3 is 10.6 Å². The molecule has 102 valence electrons. The van der Waals surface area contributed by atoms with E-state index < -0.39 is 0 Å². The second-order valence-electron chi connectivity index (χ2n) is 6.99. The van der Waals surface area contributed by atoms with Gasteiger partial charge >= 0.3 is 0 Å². The summed E-state index contributed by atoms with van der Waals surface area (Å²) in [5, 5.41) is 7.26. The standard InChI is InChI=1S/C16H28N2/c1-15(2,3)17-12-14(18-16(4,5)6)13-10-8-7-9-11-13/h7-11,14,17-18H,12H2,1-6H3/t14-/m0/s1. The molecule has 0 unspecified atom stereocenters. The van der Waals surface area contributed by atoms with Crippen LogP contribution in [0.25, 0.3) is 0 Å². The van der Waals surface area contributed by atoms with Gasteiger partial charge in [0.15, 0.2) is 0 Å². The smallest absolute Gasteiger partial charge is 0.0450 e. The van der Waals surface area contributed by atoms with Crippen LogP contribution in [0.5, 0.6) is 0 Å². The van der Waals surface area contributed by atoms with Crippen molar-refractivity contribution in [2.45, 2.75) is 58.7 Å². The van der Waals surface area contributed by atoms with E-state index in [1.807, 2.05) is 0 Å². The predicted molar refractivity (Wildman–Crippen MR) is 79.8 cm³/mol. The molecule has 0 saturated carbocycles. The van der Waals surface area contributed by atoms with Crippen LogP contribution in [0, 0.1) is 0 Å². The number of hydrogen-bond donors (Lipinski definition) is 2. The van der Waals surface area contributed by atoms with E-state index in [0.29, 0.717) is 6.04 Å². The van der Waals surface area contributed by atoms with E-state index in [1.165, 1.54) is 5.56 Å². The zero-order valence-corrected chi connectivity index (χ0v) is 12.7. The van der Waals surface area contributed by atoms with Gasteiger partial charge in [0.2, 0.25) is 0 Å². The molecule has 0 aromatic heterocycles. The summed E-state index contributed by atoms with van der Waals surface area (Å²) in [4.78, 5) is 0. The molecule has 2 N–H and O–H groups in total. The van der Waals surface area contributed by atoms with E-state index in [-0.39, 0.29) is 11.1 Å². The molecule has 0 aliphatic heterocycles. The molecule has 1 aromatic carbocycles. The first-order valence-corrected chi connectivity index (χ1v) is 6.75. The second-order valence-corrected chi connectivity index (χ2v) is 6.99. The lowest BCUT2D eigenvalue weighted by Gasteiger charge is -2.32. The lowest BCUT2D eigenvalue weighted by molar-refractivity contribution is 0.322. The third kappa shape index (κ3) is 6.18. The number of nitrogens with one attached hydrogen (secondary N) is 2. The highest BCUT2D eigenvalue weighted by molar-refractivity contribution is 5.19. The minimum atomic E-state index is 0.111. The molecule has 0 fully saturated rings. The Balaban J connectivity index is 2.76. The quantitative estimate of drug-likeness (QED) is 0.852. The van der Waals surface area contributed by atoms with Crippen LogP contribution in [0.2, 0.25) is 0 Å². The zero-order valence-electron chi connectivity index (χ0n) is 12.7. The van der Waals surface area contributed by atoms with Crippen molar-refractivity contribution < 1.29 is 0 Å². The molecule has 18 heavy (non-hydrogen) atoms. The van der Waals surface area contributed by atoms with Gasteiger partial charge in [0, 0.05) is 23.7 Å². The summed E-state index contributed by atoms with van der Waals surface area (Å²) in [7, 11) is 0. The molecule has 1 rings (SSSR count). The molecule has 0 spiro atoms. The molecule has 1 atom stereocenters. The van der Waals surface area contributed by atoms with Gasteiger partial charge in [-0.3, -0.25) is 0 Å². The Morgan fingerprint density at radius 3 is 1.89 bits per heavy atom. The molecule has 0 saturated heterocycles. The van der Waals surface area contributed by atoms with Crippen molar-refractivity contribution in [3.05, 3.63) is 35.9 Å². The van der Waals surface area contributed by atoms with E-state index in [0.717, 1.165) is 6.54 Å². The van der Waals surface area contributed by atoms with E-state index >= 15 is 0 Å². The lowest BCUT2D eigenvalue weighted by atomic mass is 10.0. The maximum absolute atomic E-state index is 3.68. The van der Waals surface area contributed by atoms with Gasteiger partial charge in [0.1, 0.15) is 0 Å². The fourth-order valence-electron chi connectivity index (χ4n) is 1.87. The van der Waals surface area contributed by atoms with Crippen LogP contribution in [-0.4, -0.2) is 17.6 Å². The van der Waals surface area contributed by atoms with Crippen LogP contribution in [0.3, 0.4) is 0 Å². The Morgan fingerprint density at radius 1 is 0.889 bits per heavy atom. The van der Waals surface area contributed by atoms with Crippen molar-refractivity contribution in [1.29, 1.82) is 0 Å². The summed E-state index contributed by atoms with van der Waals surface area (Å²) in [5.74, 6) is 0. The first kappa shape index (κ1) is 15.2. The Hall–Kier alpha value is -0.860. The van der Waals surface area contributed by atoms with Crippen LogP contribution in [0.15, 0.2) is 30.3 Å². The molecular formula is C16H28N2. The number of hydrogen-bond acceptors (Lipinski definition) is 2. The molecule has 0 aliphatic rings. The molecule has 0 aliphatic carbocycles. The minimum absolute atomic E-state index is 0.111. The first-order valence-electron chi connectivity index (χ1n) is 6.75. The second kappa shape index (κ2) is 5.85. The molecule has 0 bridgehead atoms. The van der Waals surface area contributed by atoms with Gasteiger partial charge in [-0.15, -0.1) is 0 Å². The van der Waals surface area contributed by atoms with Crippen molar-refractivity contribution in [1.82, 2.24) is 10.6 Å². The maximum Gasteiger partial charge on any atom is 0.0450 e. The SMILES string of the molecule is CC(C)(C)NC[C@H](NC(C)(C)C)c1ccccc1. The third-order valence-electron chi connectivity index (χ3n) is 2.65. The fraction of sp³-hybridized carbons (Fsp3) is 0.625. The molecule has 0 amide bonds. The van der Waals surface area contributed by atoms with Crippen molar-refractivity contribution in [2.24, 2.45) is 0 Å². The Bertz CT molecular complexity index is 344. The zero-order chi connectivity index (χ0) is 13.8. The van der Waals surface area contributed by atoms with E-state index in [9.17, 15) is 0 Å². The minimum Gasteiger partial charge on any atom is -0.310 e. The summed E-state index contributed by atoms with van der Waals surface area (Å²) in [5.41, 5.74) is 1.59. The summed E-state index contributed by atoms with van der Waals surface area (Å²) < 4.78 is 0. The Kier molecular flexibility index (Phi) is 4.94. The Morgan fingerprint density at radius 2 is 1.44 bits per heavy atom. The first-order chi connectivity index (χ1) is 8.17. The predicted octanol–water partition coefficient (Wildman–Crippen LogP) is 3.50. The summed E-state index contributed by atoms with van der Waals surface area (Å²) in [6.45, 7) is 14.2. The van der Waals surface area contributed by atoms with Crippen molar-refractivity contribution in [2.75, 3.05) is 6.54 Å². The Labute approximate surface area is 112 Å². The topological polar surface area (TPSA) is 24.1 Å². The van der Waals surface area contributed by atoms with Gasteiger partial charge in [-0.1, -0.05) is 30.3 Å². The maximum atomic E-state index is 3.68. The molecule has 0 radical (unpaired) electrons. The summed E-state index contributed by atoms with van der Waals surface area (Å²) in [6.07, 6.45) is 0. The third-order valence-corrected chi connectivity index (χ3v) is 2.65. The molecule has 1 aromatic rings. The highest BCUT2D eigenvalue weighted by Gasteiger charge is 2.20. The molecule has 2 heteroatoms. The monoisotopic (exact) mass is 248 g/mol. The lowest BCUT2D eigenvalue weighted by Crippen LogP contribution is -2.46. The van der Waals surface area contributed by atoms with Crippen molar-refractivity contribution in [3.8, 4) is 0 Å². The highest BCUT2D eigenvalue weighted by Crippen LogP contribution is 2.17. The van der Waals surface area contributed by atoms with E-state index in [1.54, 1.807) is 0 Å². The number of rotatable bonds is 4. The largest absolute Gasteiger partial charge is 0.310 e. The van der Waals surface area contributed by atoms with E-state index in [4.69, 9.17) is 0 Å². The normalized spacial score (nSPS) is 14.6.